The van der Waals surface area contributed by atoms with E-state index in [0.717, 1.165) is 4.47 Å². The summed E-state index contributed by atoms with van der Waals surface area (Å²) in [5, 5.41) is 19.5. The van der Waals surface area contributed by atoms with Crippen LogP contribution in [0.15, 0.2) is 29.0 Å². The monoisotopic (exact) mass is 268 g/mol. The summed E-state index contributed by atoms with van der Waals surface area (Å²) in [6.07, 6.45) is 1.34. The third-order valence-corrected chi connectivity index (χ3v) is 2.28. The van der Waals surface area contributed by atoms with Gasteiger partial charge < -0.3 is 5.11 Å². The summed E-state index contributed by atoms with van der Waals surface area (Å²) >= 11 is 3.26. The number of carboxylic acid groups (broad SMARTS) is 1. The number of aromatic nitrogens is 4. The minimum absolute atomic E-state index is 0.144. The van der Waals surface area contributed by atoms with Gasteiger partial charge in [-0.1, -0.05) is 15.9 Å². The predicted molar refractivity (Wildman–Crippen MR) is 53.8 cm³/mol. The fourth-order valence-corrected chi connectivity index (χ4v) is 1.50. The molecule has 0 spiro atoms. The van der Waals surface area contributed by atoms with E-state index in [0.29, 0.717) is 5.69 Å². The first-order valence-corrected chi connectivity index (χ1v) is 4.74. The minimum Gasteiger partial charge on any atom is -0.478 e. The van der Waals surface area contributed by atoms with Crippen LogP contribution in [0.3, 0.4) is 0 Å². The molecular weight excluding hydrogens is 264 g/mol. The maximum absolute atomic E-state index is 10.9. The normalized spacial score (nSPS) is 10.2. The highest BCUT2D eigenvalue weighted by atomic mass is 79.9. The zero-order valence-electron chi connectivity index (χ0n) is 7.33. The number of nitrogens with zero attached hydrogens (tertiary/aromatic N) is 4. The van der Waals surface area contributed by atoms with E-state index in [1.54, 1.807) is 12.1 Å². The molecule has 0 saturated carbocycles. The second-order valence-electron chi connectivity index (χ2n) is 2.72. The van der Waals surface area contributed by atoms with Gasteiger partial charge in [-0.3, -0.25) is 0 Å². The maximum Gasteiger partial charge on any atom is 0.337 e. The average molecular weight is 269 g/mol. The predicted octanol–water partition coefficient (Wildman–Crippen LogP) is 1.12. The van der Waals surface area contributed by atoms with Crippen molar-refractivity contribution in [3.05, 3.63) is 34.6 Å². The lowest BCUT2D eigenvalue weighted by molar-refractivity contribution is 0.0696. The number of halogens is 1. The zero-order chi connectivity index (χ0) is 10.8. The summed E-state index contributed by atoms with van der Waals surface area (Å²) in [6.45, 7) is 0. The molecule has 2 aromatic rings. The van der Waals surface area contributed by atoms with Crippen molar-refractivity contribution in [3.8, 4) is 5.69 Å². The Bertz CT molecular complexity index is 497. The maximum atomic E-state index is 10.9. The van der Waals surface area contributed by atoms with Crippen molar-refractivity contribution in [2.24, 2.45) is 0 Å². The van der Waals surface area contributed by atoms with Crippen LogP contribution in [0.4, 0.5) is 0 Å². The lowest BCUT2D eigenvalue weighted by atomic mass is 10.2. The number of benzene rings is 1. The third kappa shape index (κ3) is 1.86. The SMILES string of the molecule is O=C(O)c1ccc(Br)cc1-n1cnnn1. The number of tetrazole rings is 1. The lowest BCUT2D eigenvalue weighted by Gasteiger charge is -2.04. The first-order chi connectivity index (χ1) is 7.18. The van der Waals surface area contributed by atoms with Crippen molar-refractivity contribution < 1.29 is 9.90 Å². The van der Waals surface area contributed by atoms with Gasteiger partial charge in [0, 0.05) is 4.47 Å². The summed E-state index contributed by atoms with van der Waals surface area (Å²) in [4.78, 5) is 10.9. The van der Waals surface area contributed by atoms with E-state index in [1.165, 1.54) is 17.1 Å². The molecule has 0 bridgehead atoms. The van der Waals surface area contributed by atoms with E-state index in [4.69, 9.17) is 5.11 Å². The highest BCUT2D eigenvalue weighted by molar-refractivity contribution is 9.10. The molecule has 15 heavy (non-hydrogen) atoms. The Hall–Kier alpha value is -1.76. The molecule has 0 unspecified atom stereocenters. The van der Waals surface area contributed by atoms with Crippen LogP contribution in [-0.4, -0.2) is 31.3 Å². The van der Waals surface area contributed by atoms with E-state index in [-0.39, 0.29) is 5.56 Å². The van der Waals surface area contributed by atoms with Crippen LogP contribution in [0.25, 0.3) is 5.69 Å². The molecule has 0 saturated heterocycles. The number of carbonyl (C=O) groups is 1. The van der Waals surface area contributed by atoms with Gasteiger partial charge in [0.1, 0.15) is 6.33 Å². The Kier molecular flexibility index (Phi) is 2.46. The fraction of sp³-hybridized carbons (Fsp3) is 0. The van der Waals surface area contributed by atoms with E-state index in [9.17, 15) is 4.79 Å². The van der Waals surface area contributed by atoms with E-state index >= 15 is 0 Å². The summed E-state index contributed by atoms with van der Waals surface area (Å²) in [6, 6.07) is 4.78. The molecule has 0 aliphatic carbocycles. The zero-order valence-corrected chi connectivity index (χ0v) is 8.92. The molecule has 0 aliphatic rings. The van der Waals surface area contributed by atoms with Crippen LogP contribution in [0.2, 0.25) is 0 Å². The molecule has 1 aromatic carbocycles. The van der Waals surface area contributed by atoms with E-state index in [2.05, 4.69) is 31.5 Å². The minimum atomic E-state index is -1.02. The van der Waals surface area contributed by atoms with Gasteiger partial charge in [0.2, 0.25) is 0 Å². The van der Waals surface area contributed by atoms with Crippen molar-refractivity contribution in [1.29, 1.82) is 0 Å². The van der Waals surface area contributed by atoms with E-state index < -0.39 is 5.97 Å². The Morgan fingerprint density at radius 1 is 1.47 bits per heavy atom. The lowest BCUT2D eigenvalue weighted by Crippen LogP contribution is -2.06. The van der Waals surface area contributed by atoms with Gasteiger partial charge in [-0.15, -0.1) is 5.10 Å². The molecular formula is C8H5BrN4O2. The summed E-state index contributed by atoms with van der Waals surface area (Å²) in [5.74, 6) is -1.02. The molecule has 6 nitrogen and oxygen atoms in total. The molecule has 1 heterocycles. The smallest absolute Gasteiger partial charge is 0.337 e. The standard InChI is InChI=1S/C8H5BrN4O2/c9-5-1-2-6(8(14)15)7(3-5)13-4-10-11-12-13/h1-4H,(H,14,15). The van der Waals surface area contributed by atoms with E-state index in [1.807, 2.05) is 0 Å². The number of carboxylic acids is 1. The van der Waals surface area contributed by atoms with Gasteiger partial charge >= 0.3 is 5.97 Å². The summed E-state index contributed by atoms with van der Waals surface area (Å²) in [7, 11) is 0. The quantitative estimate of drug-likeness (QED) is 0.883. The molecule has 76 valence electrons. The van der Waals surface area contributed by atoms with Crippen molar-refractivity contribution in [3.63, 3.8) is 0 Å². The Morgan fingerprint density at radius 2 is 2.27 bits per heavy atom. The first-order valence-electron chi connectivity index (χ1n) is 3.94. The molecule has 0 fully saturated rings. The molecule has 0 amide bonds. The summed E-state index contributed by atoms with van der Waals surface area (Å²) < 4.78 is 2.06. The molecule has 1 N–H and O–H groups in total. The van der Waals surface area contributed by atoms with Gasteiger partial charge in [-0.2, -0.15) is 4.68 Å². The van der Waals surface area contributed by atoms with Gasteiger partial charge in [0.05, 0.1) is 11.3 Å². The van der Waals surface area contributed by atoms with Crippen molar-refractivity contribution in [1.82, 2.24) is 20.2 Å². The molecule has 0 aliphatic heterocycles. The van der Waals surface area contributed by atoms with Crippen molar-refractivity contribution >= 4 is 21.9 Å². The first kappa shape index (κ1) is 9.78. The fourth-order valence-electron chi connectivity index (χ4n) is 1.15. The van der Waals surface area contributed by atoms with Gasteiger partial charge in [0.25, 0.3) is 0 Å². The van der Waals surface area contributed by atoms with Crippen molar-refractivity contribution in [2.45, 2.75) is 0 Å². The molecule has 0 atom stereocenters. The van der Waals surface area contributed by atoms with Gasteiger partial charge in [0.15, 0.2) is 0 Å². The highest BCUT2D eigenvalue weighted by Crippen LogP contribution is 2.19. The molecule has 7 heteroatoms. The van der Waals surface area contributed by atoms with Crippen LogP contribution >= 0.6 is 15.9 Å². The second-order valence-corrected chi connectivity index (χ2v) is 3.64. The molecule has 1 aromatic heterocycles. The molecule has 0 radical (unpaired) electrons. The Labute approximate surface area is 92.7 Å². The van der Waals surface area contributed by atoms with Crippen LogP contribution in [0.5, 0.6) is 0 Å². The van der Waals surface area contributed by atoms with Gasteiger partial charge in [-0.25, -0.2) is 4.79 Å². The third-order valence-electron chi connectivity index (χ3n) is 1.79. The summed E-state index contributed by atoms with van der Waals surface area (Å²) in [5.41, 5.74) is 0.562. The van der Waals surface area contributed by atoms with Crippen LogP contribution < -0.4 is 0 Å². The Morgan fingerprint density at radius 3 is 2.87 bits per heavy atom. The number of hydrogen-bond donors (Lipinski definition) is 1. The topological polar surface area (TPSA) is 80.9 Å². The number of rotatable bonds is 2. The number of aromatic carboxylic acids is 1. The van der Waals surface area contributed by atoms with Crippen LogP contribution in [0, 0.1) is 0 Å². The number of hydrogen-bond acceptors (Lipinski definition) is 4. The van der Waals surface area contributed by atoms with Gasteiger partial charge in [-0.05, 0) is 28.6 Å². The van der Waals surface area contributed by atoms with Crippen molar-refractivity contribution in [2.75, 3.05) is 0 Å². The van der Waals surface area contributed by atoms with Crippen LogP contribution in [-0.2, 0) is 0 Å². The average Bonchev–Trinajstić information content (AvgIpc) is 2.69. The largest absolute Gasteiger partial charge is 0.478 e. The highest BCUT2D eigenvalue weighted by Gasteiger charge is 2.12. The Balaban J connectivity index is 2.63. The van der Waals surface area contributed by atoms with Crippen LogP contribution in [0.1, 0.15) is 10.4 Å². The molecule has 2 rings (SSSR count). The second kappa shape index (κ2) is 3.77.